The first kappa shape index (κ1) is 18.6. The lowest BCUT2D eigenvalue weighted by atomic mass is 10.1. The third-order valence-electron chi connectivity index (χ3n) is 4.02. The van der Waals surface area contributed by atoms with E-state index in [2.05, 4.69) is 45.5 Å². The van der Waals surface area contributed by atoms with Gasteiger partial charge in [-0.25, -0.2) is 0 Å². The van der Waals surface area contributed by atoms with E-state index in [1.807, 2.05) is 38.1 Å². The van der Waals surface area contributed by atoms with Crippen LogP contribution in [0.1, 0.15) is 33.3 Å². The van der Waals surface area contributed by atoms with Gasteiger partial charge in [0.15, 0.2) is 0 Å². The summed E-state index contributed by atoms with van der Waals surface area (Å²) in [6, 6.07) is 10.6. The molecule has 0 spiro atoms. The van der Waals surface area contributed by atoms with Crippen LogP contribution >= 0.6 is 0 Å². The quantitative estimate of drug-likeness (QED) is 0.573. The van der Waals surface area contributed by atoms with Crippen molar-refractivity contribution < 1.29 is 0 Å². The first-order valence-electron chi connectivity index (χ1n) is 8.70. The van der Waals surface area contributed by atoms with Gasteiger partial charge in [-0.15, -0.1) is 0 Å². The molecule has 0 atom stereocenters. The van der Waals surface area contributed by atoms with E-state index in [1.54, 1.807) is 6.92 Å². The van der Waals surface area contributed by atoms with Crippen LogP contribution in [0.15, 0.2) is 46.6 Å². The van der Waals surface area contributed by atoms with Gasteiger partial charge in [-0.3, -0.25) is 5.32 Å². The fourth-order valence-electron chi connectivity index (χ4n) is 2.70. The number of nitrogens with zero attached hydrogens (tertiary/aromatic N) is 2. The normalized spacial score (nSPS) is 19.4. The number of nitrogen functional groups attached to an aromatic ring is 1. The third kappa shape index (κ3) is 4.43. The predicted molar refractivity (Wildman–Crippen MR) is 106 cm³/mol. The van der Waals surface area contributed by atoms with Crippen LogP contribution in [-0.4, -0.2) is 30.5 Å². The van der Waals surface area contributed by atoms with Crippen LogP contribution in [0.4, 0.5) is 5.69 Å². The highest BCUT2D eigenvalue weighted by Crippen LogP contribution is 2.25. The Kier molecular flexibility index (Phi) is 6.67. The van der Waals surface area contributed by atoms with Crippen LogP contribution in [0.2, 0.25) is 0 Å². The van der Waals surface area contributed by atoms with E-state index in [0.717, 1.165) is 48.1 Å². The Bertz CT molecular complexity index is 739. The van der Waals surface area contributed by atoms with Crippen molar-refractivity contribution in [2.75, 3.05) is 25.5 Å². The number of nitrogens with one attached hydrogen (secondary N) is 2. The number of anilines is 1. The summed E-state index contributed by atoms with van der Waals surface area (Å²) < 4.78 is 0. The number of benzene rings is 1. The highest BCUT2D eigenvalue weighted by Gasteiger charge is 2.23. The van der Waals surface area contributed by atoms with Gasteiger partial charge in [-0.05, 0) is 37.6 Å². The number of amidine groups is 1. The molecule has 1 aromatic carbocycles. The van der Waals surface area contributed by atoms with E-state index < -0.39 is 0 Å². The summed E-state index contributed by atoms with van der Waals surface area (Å²) in [5.41, 5.74) is 10.9. The van der Waals surface area contributed by atoms with Crippen molar-refractivity contribution in [2.24, 2.45) is 4.99 Å². The van der Waals surface area contributed by atoms with Crippen LogP contribution in [0, 0.1) is 12.0 Å². The van der Waals surface area contributed by atoms with E-state index >= 15 is 0 Å². The fraction of sp³-hybridized carbons (Fsp3) is 0.350. The van der Waals surface area contributed by atoms with Gasteiger partial charge < -0.3 is 16.0 Å². The molecule has 0 aromatic heterocycles. The lowest BCUT2D eigenvalue weighted by Crippen LogP contribution is -2.24. The van der Waals surface area contributed by atoms with Crippen molar-refractivity contribution in [3.8, 4) is 12.0 Å². The monoisotopic (exact) mass is 337 g/mol. The molecule has 2 aliphatic rings. The van der Waals surface area contributed by atoms with Crippen LogP contribution in [0.25, 0.3) is 5.70 Å². The van der Waals surface area contributed by atoms with Gasteiger partial charge in [-0.1, -0.05) is 31.9 Å². The molecule has 5 nitrogen and oxygen atoms in total. The van der Waals surface area contributed by atoms with Gasteiger partial charge in [0.05, 0.1) is 6.67 Å². The van der Waals surface area contributed by atoms with E-state index in [9.17, 15) is 0 Å². The molecule has 25 heavy (non-hydrogen) atoms. The number of nitrogens with two attached hydrogens (primary N) is 1. The molecule has 1 saturated heterocycles. The smallest absolute Gasteiger partial charge is 0.149 e. The maximum atomic E-state index is 5.77. The van der Waals surface area contributed by atoms with Gasteiger partial charge in [-0.2, -0.15) is 4.99 Å². The SMILES string of the molecule is CC.CC#CN=C1NC(c2ccc(N)cc2)=C/C1=C(/C)N1CCNC1. The maximum absolute atomic E-state index is 5.77. The summed E-state index contributed by atoms with van der Waals surface area (Å²) in [6.07, 6.45) is 2.13. The third-order valence-corrected chi connectivity index (χ3v) is 4.02. The highest BCUT2D eigenvalue weighted by atomic mass is 15.3. The Morgan fingerprint density at radius 3 is 2.56 bits per heavy atom. The molecule has 2 aliphatic heterocycles. The minimum absolute atomic E-state index is 0.758. The largest absolute Gasteiger partial charge is 0.399 e. The van der Waals surface area contributed by atoms with Gasteiger partial charge in [0.1, 0.15) is 5.84 Å². The zero-order chi connectivity index (χ0) is 18.2. The molecule has 0 aliphatic carbocycles. The summed E-state index contributed by atoms with van der Waals surface area (Å²) in [6.45, 7) is 10.8. The second-order valence-corrected chi connectivity index (χ2v) is 5.55. The second-order valence-electron chi connectivity index (χ2n) is 5.55. The van der Waals surface area contributed by atoms with Crippen LogP contribution in [-0.2, 0) is 0 Å². The first-order chi connectivity index (χ1) is 12.2. The van der Waals surface area contributed by atoms with Crippen molar-refractivity contribution in [3.05, 3.63) is 47.2 Å². The molecule has 0 radical (unpaired) electrons. The molecule has 5 heteroatoms. The second kappa shape index (κ2) is 8.95. The average molecular weight is 337 g/mol. The number of aliphatic imine (C=N–C) groups is 1. The van der Waals surface area contributed by atoms with Gasteiger partial charge in [0.2, 0.25) is 0 Å². The number of allylic oxidation sites excluding steroid dienone is 1. The lowest BCUT2D eigenvalue weighted by Gasteiger charge is -2.19. The Morgan fingerprint density at radius 1 is 1.24 bits per heavy atom. The van der Waals surface area contributed by atoms with E-state index in [1.165, 1.54) is 5.70 Å². The zero-order valence-corrected chi connectivity index (χ0v) is 15.5. The molecule has 1 aromatic rings. The molecular formula is C20H27N5. The standard InChI is InChI=1S/C18H21N5.C2H6/c1-3-8-21-18-16(13(2)23-10-9-20-12-23)11-17(22-18)14-4-6-15(19)7-5-14;1-2/h4-7,11,20H,9-10,12,19H2,1-2H3,(H,21,22);1-2H3/b16-13+;. The molecule has 3 rings (SSSR count). The summed E-state index contributed by atoms with van der Waals surface area (Å²) in [5, 5.41) is 6.73. The predicted octanol–water partition coefficient (Wildman–Crippen LogP) is 2.76. The van der Waals surface area contributed by atoms with Crippen LogP contribution < -0.4 is 16.4 Å². The Balaban J connectivity index is 0.00000109. The zero-order valence-electron chi connectivity index (χ0n) is 15.5. The van der Waals surface area contributed by atoms with Crippen molar-refractivity contribution in [1.82, 2.24) is 15.5 Å². The molecule has 4 N–H and O–H groups in total. The van der Waals surface area contributed by atoms with Gasteiger partial charge >= 0.3 is 0 Å². The van der Waals surface area contributed by atoms with Crippen molar-refractivity contribution in [2.45, 2.75) is 27.7 Å². The average Bonchev–Trinajstić information content (AvgIpc) is 3.32. The van der Waals surface area contributed by atoms with Gasteiger partial charge in [0, 0.05) is 41.8 Å². The number of rotatable bonds is 2. The lowest BCUT2D eigenvalue weighted by molar-refractivity contribution is 0.420. The maximum Gasteiger partial charge on any atom is 0.149 e. The topological polar surface area (TPSA) is 65.7 Å². The van der Waals surface area contributed by atoms with Crippen LogP contribution in [0.5, 0.6) is 0 Å². The van der Waals surface area contributed by atoms with Crippen molar-refractivity contribution in [1.29, 1.82) is 0 Å². The molecule has 1 fully saturated rings. The molecule has 0 amide bonds. The minimum atomic E-state index is 0.758. The summed E-state index contributed by atoms with van der Waals surface area (Å²) >= 11 is 0. The van der Waals surface area contributed by atoms with E-state index in [0.29, 0.717) is 0 Å². The molecular weight excluding hydrogens is 310 g/mol. The van der Waals surface area contributed by atoms with Crippen molar-refractivity contribution >= 4 is 17.2 Å². The van der Waals surface area contributed by atoms with Crippen LogP contribution in [0.3, 0.4) is 0 Å². The van der Waals surface area contributed by atoms with E-state index in [4.69, 9.17) is 5.73 Å². The van der Waals surface area contributed by atoms with Gasteiger partial charge in [0.25, 0.3) is 0 Å². The number of hydrogen-bond acceptors (Lipinski definition) is 4. The Labute approximate surface area is 150 Å². The molecule has 132 valence electrons. The molecule has 0 bridgehead atoms. The highest BCUT2D eigenvalue weighted by molar-refractivity contribution is 6.12. The number of hydrogen-bond donors (Lipinski definition) is 3. The minimum Gasteiger partial charge on any atom is -0.399 e. The Morgan fingerprint density at radius 2 is 1.96 bits per heavy atom. The Hall–Kier alpha value is -2.71. The van der Waals surface area contributed by atoms with E-state index in [-0.39, 0.29) is 0 Å². The molecule has 0 unspecified atom stereocenters. The summed E-state index contributed by atoms with van der Waals surface area (Å²) in [4.78, 5) is 6.69. The fourth-order valence-corrected chi connectivity index (χ4v) is 2.70. The first-order valence-corrected chi connectivity index (χ1v) is 8.70. The molecule has 0 saturated carbocycles. The molecule has 2 heterocycles. The van der Waals surface area contributed by atoms with Crippen molar-refractivity contribution in [3.63, 3.8) is 0 Å². The summed E-state index contributed by atoms with van der Waals surface area (Å²) in [7, 11) is 0. The summed E-state index contributed by atoms with van der Waals surface area (Å²) in [5.74, 6) is 3.62.